The highest BCUT2D eigenvalue weighted by Gasteiger charge is 2.25. The van der Waals surface area contributed by atoms with E-state index in [0.29, 0.717) is 29.1 Å². The second kappa shape index (κ2) is 10.5. The first kappa shape index (κ1) is 26.6. The van der Waals surface area contributed by atoms with Gasteiger partial charge in [0.2, 0.25) is 11.9 Å². The monoisotopic (exact) mass is 516 g/mol. The second-order valence-electron chi connectivity index (χ2n) is 10.0. The van der Waals surface area contributed by atoms with Gasteiger partial charge in [0, 0.05) is 42.2 Å². The molecular weight excluding hydrogens is 485 g/mol. The van der Waals surface area contributed by atoms with Crippen LogP contribution >= 0.6 is 0 Å². The van der Waals surface area contributed by atoms with Crippen molar-refractivity contribution in [2.45, 2.75) is 64.6 Å². The molecule has 0 atom stereocenters. The minimum atomic E-state index is -1.58. The third-order valence-electron chi connectivity index (χ3n) is 6.80. The molecule has 4 rings (SSSR count). The van der Waals surface area contributed by atoms with Crippen LogP contribution in [0.15, 0.2) is 23.1 Å². The highest BCUT2D eigenvalue weighted by molar-refractivity contribution is 5.90. The molecule has 37 heavy (non-hydrogen) atoms. The molecular formula is C26H31F3N6O2. The highest BCUT2D eigenvalue weighted by atomic mass is 19.2. The van der Waals surface area contributed by atoms with E-state index in [1.807, 2.05) is 5.32 Å². The molecule has 0 bridgehead atoms. The molecule has 0 unspecified atom stereocenters. The van der Waals surface area contributed by atoms with Crippen LogP contribution in [0, 0.1) is 17.5 Å². The van der Waals surface area contributed by atoms with E-state index in [1.165, 1.54) is 16.8 Å². The van der Waals surface area contributed by atoms with Crippen molar-refractivity contribution in [2.75, 3.05) is 24.7 Å². The summed E-state index contributed by atoms with van der Waals surface area (Å²) in [6, 6.07) is 2.40. The maximum atomic E-state index is 15.0. The summed E-state index contributed by atoms with van der Waals surface area (Å²) >= 11 is 0. The summed E-state index contributed by atoms with van der Waals surface area (Å²) in [5.74, 6) is -4.60. The number of fused-ring (bicyclic) bond motifs is 1. The molecule has 8 nitrogen and oxygen atoms in total. The van der Waals surface area contributed by atoms with Crippen LogP contribution in [0.4, 0.5) is 24.8 Å². The fraction of sp³-hybridized carbons (Fsp3) is 0.462. The van der Waals surface area contributed by atoms with Gasteiger partial charge < -0.3 is 15.5 Å². The molecule has 1 aliphatic rings. The lowest BCUT2D eigenvalue weighted by atomic mass is 9.91. The Morgan fingerprint density at radius 3 is 2.35 bits per heavy atom. The first-order chi connectivity index (χ1) is 17.5. The summed E-state index contributed by atoms with van der Waals surface area (Å²) in [6.07, 6.45) is 5.54. The molecule has 0 saturated heterocycles. The van der Waals surface area contributed by atoms with Gasteiger partial charge in [0.15, 0.2) is 17.5 Å². The zero-order valence-electron chi connectivity index (χ0n) is 21.5. The molecule has 1 fully saturated rings. The van der Waals surface area contributed by atoms with Crippen LogP contribution in [0.1, 0.15) is 52.5 Å². The van der Waals surface area contributed by atoms with Crippen molar-refractivity contribution in [1.82, 2.24) is 19.4 Å². The lowest BCUT2D eigenvalue weighted by molar-refractivity contribution is -0.114. The molecule has 1 aliphatic carbocycles. The first-order valence-corrected chi connectivity index (χ1v) is 12.3. The number of nitrogens with one attached hydrogen (secondary N) is 2. The van der Waals surface area contributed by atoms with Gasteiger partial charge in [-0.15, -0.1) is 0 Å². The molecule has 3 aromatic rings. The van der Waals surface area contributed by atoms with E-state index < -0.39 is 40.2 Å². The molecule has 2 N–H and O–H groups in total. The number of amides is 1. The zero-order valence-corrected chi connectivity index (χ0v) is 21.5. The van der Waals surface area contributed by atoms with Gasteiger partial charge in [0.25, 0.3) is 5.56 Å². The SMILES string of the molecule is CC(=O)Nc1c(F)cc(-c2cc3cnc(NC4CCC(N(C)C)CC4)nc3n(C(C)C)c2=O)c(F)c1F. The largest absolute Gasteiger partial charge is 0.351 e. The number of benzene rings is 1. The van der Waals surface area contributed by atoms with Crippen LogP contribution < -0.4 is 16.2 Å². The number of hydrogen-bond acceptors (Lipinski definition) is 6. The molecule has 1 saturated carbocycles. The van der Waals surface area contributed by atoms with Crippen molar-refractivity contribution in [3.8, 4) is 11.1 Å². The predicted octanol–water partition coefficient (Wildman–Crippen LogP) is 4.70. The van der Waals surface area contributed by atoms with Crippen LogP contribution in [-0.4, -0.2) is 51.5 Å². The minimum Gasteiger partial charge on any atom is -0.351 e. The Morgan fingerprint density at radius 2 is 1.76 bits per heavy atom. The number of carbonyl (C=O) groups is 1. The summed E-state index contributed by atoms with van der Waals surface area (Å²) in [7, 11) is 4.16. The van der Waals surface area contributed by atoms with Gasteiger partial charge in [-0.05, 0) is 65.8 Å². The summed E-state index contributed by atoms with van der Waals surface area (Å²) in [5, 5.41) is 5.71. The summed E-state index contributed by atoms with van der Waals surface area (Å²) in [4.78, 5) is 35.9. The van der Waals surface area contributed by atoms with E-state index >= 15 is 4.39 Å². The Balaban J connectivity index is 1.75. The summed E-state index contributed by atoms with van der Waals surface area (Å²) in [5.41, 5.74) is -2.01. The normalized spacial score (nSPS) is 18.0. The number of anilines is 2. The van der Waals surface area contributed by atoms with Crippen LogP contribution in [0.3, 0.4) is 0 Å². The molecule has 11 heteroatoms. The lowest BCUT2D eigenvalue weighted by Gasteiger charge is -2.33. The Bertz CT molecular complexity index is 1400. The Kier molecular flexibility index (Phi) is 7.54. The van der Waals surface area contributed by atoms with Crippen LogP contribution in [-0.2, 0) is 4.79 Å². The number of halogens is 3. The Labute approximate surface area is 212 Å². The van der Waals surface area contributed by atoms with E-state index in [9.17, 15) is 18.4 Å². The fourth-order valence-corrected chi connectivity index (χ4v) is 4.86. The average molecular weight is 517 g/mol. The Morgan fingerprint density at radius 1 is 1.08 bits per heavy atom. The topological polar surface area (TPSA) is 92.2 Å². The van der Waals surface area contributed by atoms with E-state index in [1.54, 1.807) is 13.8 Å². The van der Waals surface area contributed by atoms with Crippen molar-refractivity contribution in [3.63, 3.8) is 0 Å². The zero-order chi connectivity index (χ0) is 27.0. The second-order valence-corrected chi connectivity index (χ2v) is 10.0. The number of rotatable bonds is 6. The number of aromatic nitrogens is 3. The van der Waals surface area contributed by atoms with Crippen molar-refractivity contribution < 1.29 is 18.0 Å². The van der Waals surface area contributed by atoms with Gasteiger partial charge in [-0.25, -0.2) is 18.2 Å². The van der Waals surface area contributed by atoms with Crippen molar-refractivity contribution in [3.05, 3.63) is 46.1 Å². The summed E-state index contributed by atoms with van der Waals surface area (Å²) in [6.45, 7) is 4.58. The molecule has 2 heterocycles. The smallest absolute Gasteiger partial charge is 0.260 e. The van der Waals surface area contributed by atoms with Crippen molar-refractivity contribution in [1.29, 1.82) is 0 Å². The van der Waals surface area contributed by atoms with Crippen LogP contribution in [0.25, 0.3) is 22.2 Å². The van der Waals surface area contributed by atoms with Crippen LogP contribution in [0.5, 0.6) is 0 Å². The summed E-state index contributed by atoms with van der Waals surface area (Å²) < 4.78 is 45.6. The number of pyridine rings is 1. The maximum absolute atomic E-state index is 15.0. The standard InChI is InChI=1S/C26H31F3N6O2/c1-13(2)35-24-15(12-30-26(33-24)32-16-6-8-17(9-7-16)34(4)5)10-19(25(35)37)18-11-20(27)23(31-14(3)36)22(29)21(18)28/h10-13,16-17H,6-9H2,1-5H3,(H,31,36)(H,30,32,33). The fourth-order valence-electron chi connectivity index (χ4n) is 4.86. The minimum absolute atomic E-state index is 0.203. The van der Waals surface area contributed by atoms with Crippen LogP contribution in [0.2, 0.25) is 0 Å². The quantitative estimate of drug-likeness (QED) is 0.462. The van der Waals surface area contributed by atoms with E-state index in [4.69, 9.17) is 0 Å². The van der Waals surface area contributed by atoms with E-state index in [2.05, 4.69) is 34.3 Å². The first-order valence-electron chi connectivity index (χ1n) is 12.3. The van der Waals surface area contributed by atoms with Gasteiger partial charge in [-0.3, -0.25) is 14.2 Å². The third kappa shape index (κ3) is 5.31. The van der Waals surface area contributed by atoms with E-state index in [0.717, 1.165) is 32.6 Å². The molecule has 198 valence electrons. The number of hydrogen-bond donors (Lipinski definition) is 2. The van der Waals surface area contributed by atoms with Gasteiger partial charge in [-0.1, -0.05) is 0 Å². The molecule has 1 amide bonds. The van der Waals surface area contributed by atoms with Gasteiger partial charge in [0.05, 0.1) is 5.56 Å². The lowest BCUT2D eigenvalue weighted by Crippen LogP contribution is -2.36. The van der Waals surface area contributed by atoms with E-state index in [-0.39, 0.29) is 17.6 Å². The van der Waals surface area contributed by atoms with Crippen molar-refractivity contribution >= 4 is 28.6 Å². The number of carbonyl (C=O) groups excluding carboxylic acids is 1. The highest BCUT2D eigenvalue weighted by Crippen LogP contribution is 2.32. The molecule has 0 spiro atoms. The molecule has 0 aliphatic heterocycles. The van der Waals surface area contributed by atoms with Gasteiger partial charge in [-0.2, -0.15) is 4.98 Å². The number of nitrogens with zero attached hydrogens (tertiary/aromatic N) is 4. The van der Waals surface area contributed by atoms with Crippen molar-refractivity contribution in [2.24, 2.45) is 0 Å². The molecule has 1 aromatic carbocycles. The van der Waals surface area contributed by atoms with Gasteiger partial charge in [0.1, 0.15) is 11.3 Å². The molecule has 2 aromatic heterocycles. The maximum Gasteiger partial charge on any atom is 0.260 e. The third-order valence-corrected chi connectivity index (χ3v) is 6.80. The van der Waals surface area contributed by atoms with Gasteiger partial charge >= 0.3 is 0 Å². The molecule has 0 radical (unpaired) electrons. The Hall–Kier alpha value is -3.47. The predicted molar refractivity (Wildman–Crippen MR) is 137 cm³/mol. The average Bonchev–Trinajstić information content (AvgIpc) is 2.84.